The highest BCUT2D eigenvalue weighted by Gasteiger charge is 2.56. The summed E-state index contributed by atoms with van der Waals surface area (Å²) in [4.78, 5) is 24.4. The van der Waals surface area contributed by atoms with Gasteiger partial charge in [0, 0.05) is 11.0 Å². The fourth-order valence-electron chi connectivity index (χ4n) is 3.07. The number of hydrogen-bond donors (Lipinski definition) is 0. The Labute approximate surface area is 106 Å². The minimum Gasteiger partial charge on any atom is -0.369 e. The molecule has 1 heterocycles. The zero-order valence-electron chi connectivity index (χ0n) is 10.8. The normalized spacial score (nSPS) is 33.2. The van der Waals surface area contributed by atoms with Crippen LogP contribution in [0.1, 0.15) is 42.8 Å². The first-order valence-corrected chi connectivity index (χ1v) is 6.27. The number of benzene rings is 1. The lowest BCUT2D eigenvalue weighted by molar-refractivity contribution is -0.123. The van der Waals surface area contributed by atoms with Gasteiger partial charge in [-0.15, -0.1) is 0 Å². The monoisotopic (exact) mass is 244 g/mol. The van der Waals surface area contributed by atoms with E-state index >= 15 is 0 Å². The number of rotatable bonds is 0. The Morgan fingerprint density at radius 2 is 1.83 bits per heavy atom. The molecule has 1 aromatic rings. The summed E-state index contributed by atoms with van der Waals surface area (Å²) in [6, 6.07) is 7.28. The summed E-state index contributed by atoms with van der Waals surface area (Å²) in [6.07, 6.45) is -0.299. The fraction of sp³-hybridized carbons (Fsp3) is 0.467. The van der Waals surface area contributed by atoms with Crippen LogP contribution in [0.5, 0.6) is 0 Å². The molecule has 0 saturated carbocycles. The average molecular weight is 244 g/mol. The van der Waals surface area contributed by atoms with Gasteiger partial charge in [-0.3, -0.25) is 9.59 Å². The van der Waals surface area contributed by atoms with Crippen LogP contribution in [0, 0.1) is 11.3 Å². The number of ketones is 2. The van der Waals surface area contributed by atoms with E-state index in [9.17, 15) is 9.59 Å². The molecule has 3 rings (SSSR count). The third kappa shape index (κ3) is 1.28. The van der Waals surface area contributed by atoms with Crippen LogP contribution in [-0.2, 0) is 9.53 Å². The molecule has 0 aromatic heterocycles. The molecule has 2 aliphatic rings. The zero-order valence-corrected chi connectivity index (χ0v) is 10.8. The van der Waals surface area contributed by atoms with Crippen molar-refractivity contribution in [2.45, 2.75) is 33.0 Å². The first-order valence-electron chi connectivity index (χ1n) is 6.27. The Balaban J connectivity index is 2.20. The molecule has 1 aliphatic carbocycles. The maximum Gasteiger partial charge on any atom is 0.229 e. The Morgan fingerprint density at radius 3 is 2.56 bits per heavy atom. The summed E-state index contributed by atoms with van der Waals surface area (Å²) in [7, 11) is 0. The van der Waals surface area contributed by atoms with E-state index in [4.69, 9.17) is 4.74 Å². The first-order chi connectivity index (χ1) is 8.44. The van der Waals surface area contributed by atoms with Crippen LogP contribution in [0.3, 0.4) is 0 Å². The van der Waals surface area contributed by atoms with Crippen LogP contribution >= 0.6 is 0 Å². The minimum atomic E-state index is -0.363. The molecule has 0 radical (unpaired) electrons. The fourth-order valence-corrected chi connectivity index (χ4v) is 3.07. The minimum absolute atomic E-state index is 0.0320. The van der Waals surface area contributed by atoms with Gasteiger partial charge >= 0.3 is 0 Å². The quantitative estimate of drug-likeness (QED) is 0.659. The number of carbonyl (C=O) groups is 2. The van der Waals surface area contributed by atoms with Crippen molar-refractivity contribution in [2.24, 2.45) is 11.3 Å². The maximum atomic E-state index is 12.3. The van der Waals surface area contributed by atoms with Gasteiger partial charge in [-0.25, -0.2) is 0 Å². The van der Waals surface area contributed by atoms with E-state index < -0.39 is 0 Å². The molecule has 0 bridgehead atoms. The summed E-state index contributed by atoms with van der Waals surface area (Å²) in [5.41, 5.74) is 1.07. The molecule has 1 aromatic carbocycles. The highest BCUT2D eigenvalue weighted by atomic mass is 16.5. The van der Waals surface area contributed by atoms with Crippen molar-refractivity contribution in [1.82, 2.24) is 0 Å². The van der Waals surface area contributed by atoms with Crippen molar-refractivity contribution in [3.05, 3.63) is 35.4 Å². The average Bonchev–Trinajstić information content (AvgIpc) is 2.58. The van der Waals surface area contributed by atoms with Gasteiger partial charge < -0.3 is 4.74 Å². The van der Waals surface area contributed by atoms with E-state index in [1.54, 1.807) is 12.1 Å². The first kappa shape index (κ1) is 11.6. The van der Waals surface area contributed by atoms with Crippen LogP contribution in [0.4, 0.5) is 0 Å². The Bertz CT molecular complexity index is 544. The number of Topliss-reactive ketones (excluding diaryl/α,β-unsaturated/α-hetero) is 2. The second-order valence-corrected chi connectivity index (χ2v) is 5.78. The van der Waals surface area contributed by atoms with Crippen LogP contribution in [0.25, 0.3) is 0 Å². The molecule has 3 nitrogen and oxygen atoms in total. The van der Waals surface area contributed by atoms with E-state index in [0.29, 0.717) is 5.56 Å². The molecule has 0 spiro atoms. The summed E-state index contributed by atoms with van der Waals surface area (Å²) >= 11 is 0. The highest BCUT2D eigenvalue weighted by molar-refractivity contribution is 6.46. The second kappa shape index (κ2) is 3.51. The third-order valence-corrected chi connectivity index (χ3v) is 4.52. The zero-order chi connectivity index (χ0) is 13.1. The molecule has 0 unspecified atom stereocenters. The summed E-state index contributed by atoms with van der Waals surface area (Å²) in [6.45, 7) is 5.97. The molecule has 0 amide bonds. The van der Waals surface area contributed by atoms with Gasteiger partial charge in [-0.1, -0.05) is 38.1 Å². The molecule has 1 saturated heterocycles. The van der Waals surface area contributed by atoms with Crippen LogP contribution < -0.4 is 0 Å². The molecule has 18 heavy (non-hydrogen) atoms. The van der Waals surface area contributed by atoms with E-state index in [-0.39, 0.29) is 35.1 Å². The molecular weight excluding hydrogens is 228 g/mol. The Morgan fingerprint density at radius 1 is 1.17 bits per heavy atom. The van der Waals surface area contributed by atoms with Crippen molar-refractivity contribution >= 4 is 11.6 Å². The van der Waals surface area contributed by atoms with Gasteiger partial charge in [0.1, 0.15) is 0 Å². The van der Waals surface area contributed by atoms with Crippen LogP contribution in [0.2, 0.25) is 0 Å². The molecule has 1 fully saturated rings. The van der Waals surface area contributed by atoms with E-state index in [1.807, 2.05) is 32.9 Å². The lowest BCUT2D eigenvalue weighted by Crippen LogP contribution is -2.40. The lowest BCUT2D eigenvalue weighted by Gasteiger charge is -2.31. The lowest BCUT2D eigenvalue weighted by atomic mass is 9.67. The van der Waals surface area contributed by atoms with Crippen molar-refractivity contribution in [1.29, 1.82) is 0 Å². The van der Waals surface area contributed by atoms with Crippen molar-refractivity contribution in [2.75, 3.05) is 0 Å². The number of ether oxygens (including phenoxy) is 1. The Hall–Kier alpha value is -1.48. The van der Waals surface area contributed by atoms with Crippen LogP contribution in [0.15, 0.2) is 24.3 Å². The Kier molecular flexibility index (Phi) is 2.26. The van der Waals surface area contributed by atoms with Gasteiger partial charge in [-0.2, -0.15) is 0 Å². The maximum absolute atomic E-state index is 12.3. The molecule has 3 atom stereocenters. The molecule has 0 N–H and O–H groups in total. The van der Waals surface area contributed by atoms with Gasteiger partial charge in [0.15, 0.2) is 0 Å². The second-order valence-electron chi connectivity index (χ2n) is 5.78. The van der Waals surface area contributed by atoms with Gasteiger partial charge in [0.2, 0.25) is 11.6 Å². The standard InChI is InChI=1S/C15H16O3/c1-8-15(2,3)11-13(17)12(16)9-6-4-5-7-10(9)14(11)18-8/h4-8,11,14H,1-3H3/t8-,11+,14-/m1/s1. The van der Waals surface area contributed by atoms with Crippen molar-refractivity contribution < 1.29 is 14.3 Å². The number of carbonyl (C=O) groups excluding carboxylic acids is 2. The molecular formula is C15H16O3. The van der Waals surface area contributed by atoms with E-state index in [1.165, 1.54) is 0 Å². The molecule has 1 aliphatic heterocycles. The highest BCUT2D eigenvalue weighted by Crippen LogP contribution is 2.53. The molecule has 94 valence electrons. The summed E-state index contributed by atoms with van der Waals surface area (Å²) in [5, 5.41) is 0. The predicted octanol–water partition coefficient (Wildman–Crippen LogP) is 2.55. The van der Waals surface area contributed by atoms with Gasteiger partial charge in [-0.05, 0) is 12.5 Å². The topological polar surface area (TPSA) is 43.4 Å². The predicted molar refractivity (Wildman–Crippen MR) is 66.3 cm³/mol. The number of hydrogen-bond acceptors (Lipinski definition) is 3. The summed E-state index contributed by atoms with van der Waals surface area (Å²) < 4.78 is 5.95. The van der Waals surface area contributed by atoms with Crippen LogP contribution in [-0.4, -0.2) is 17.7 Å². The largest absolute Gasteiger partial charge is 0.369 e. The van der Waals surface area contributed by atoms with E-state index in [0.717, 1.165) is 5.56 Å². The molecule has 3 heteroatoms. The van der Waals surface area contributed by atoms with Gasteiger partial charge in [0.05, 0.1) is 18.1 Å². The number of fused-ring (bicyclic) bond motifs is 3. The SMILES string of the molecule is C[C@H]1O[C@@H]2c3ccccc3C(=O)C(=O)[C@@H]2C1(C)C. The van der Waals surface area contributed by atoms with E-state index in [2.05, 4.69) is 0 Å². The smallest absolute Gasteiger partial charge is 0.229 e. The van der Waals surface area contributed by atoms with Crippen molar-refractivity contribution in [3.8, 4) is 0 Å². The van der Waals surface area contributed by atoms with Crippen molar-refractivity contribution in [3.63, 3.8) is 0 Å². The third-order valence-electron chi connectivity index (χ3n) is 4.52. The van der Waals surface area contributed by atoms with Gasteiger partial charge in [0.25, 0.3) is 0 Å². The summed E-state index contributed by atoms with van der Waals surface area (Å²) in [5.74, 6) is -1.01.